The van der Waals surface area contributed by atoms with Crippen molar-refractivity contribution in [2.75, 3.05) is 0 Å². The average molecular weight is 196 g/mol. The molecule has 0 heterocycles. The van der Waals surface area contributed by atoms with Crippen LogP contribution in [-0.2, 0) is 0 Å². The third-order valence-corrected chi connectivity index (χ3v) is 3.80. The Labute approximate surface area is 87.6 Å². The minimum absolute atomic E-state index is 0.485. The zero-order chi connectivity index (χ0) is 9.97. The molecule has 2 unspecified atom stereocenters. The average Bonchev–Trinajstić information content (AvgIpc) is 2.89. The smallest absolute Gasteiger partial charge is 0.0102 e. The Hall–Kier alpha value is -0.0800. The number of nitrogens with two attached hydrogens (primary N) is 1. The van der Waals surface area contributed by atoms with Crippen molar-refractivity contribution in [2.24, 2.45) is 11.7 Å². The van der Waals surface area contributed by atoms with Gasteiger partial charge in [0, 0.05) is 18.1 Å². The molecule has 2 aliphatic rings. The van der Waals surface area contributed by atoms with Crippen molar-refractivity contribution >= 4 is 0 Å². The Morgan fingerprint density at radius 3 is 2.57 bits per heavy atom. The largest absolute Gasteiger partial charge is 0.328 e. The fourth-order valence-corrected chi connectivity index (χ4v) is 2.73. The molecule has 2 aliphatic carbocycles. The zero-order valence-corrected chi connectivity index (χ0v) is 9.34. The molecule has 0 amide bonds. The lowest BCUT2D eigenvalue weighted by Gasteiger charge is -2.27. The van der Waals surface area contributed by atoms with Gasteiger partial charge in [-0.15, -0.1) is 0 Å². The van der Waals surface area contributed by atoms with E-state index in [2.05, 4.69) is 12.2 Å². The van der Waals surface area contributed by atoms with Crippen LogP contribution in [0.3, 0.4) is 0 Å². The summed E-state index contributed by atoms with van der Waals surface area (Å²) in [5.41, 5.74) is 5.89. The second kappa shape index (κ2) is 4.63. The van der Waals surface area contributed by atoms with Crippen LogP contribution in [0, 0.1) is 5.92 Å². The highest BCUT2D eigenvalue weighted by molar-refractivity contribution is 4.95. The van der Waals surface area contributed by atoms with Crippen molar-refractivity contribution in [2.45, 2.75) is 70.0 Å². The highest BCUT2D eigenvalue weighted by Gasteiger charge is 2.37. The predicted octanol–water partition coefficient (Wildman–Crippen LogP) is 2.03. The SMILES string of the molecule is CCCC1CC1NC1CCC(N)CC1. The molecule has 14 heavy (non-hydrogen) atoms. The van der Waals surface area contributed by atoms with Gasteiger partial charge in [-0.05, 0) is 44.4 Å². The lowest BCUT2D eigenvalue weighted by Crippen LogP contribution is -2.38. The molecule has 3 N–H and O–H groups in total. The molecule has 2 heteroatoms. The topological polar surface area (TPSA) is 38.0 Å². The summed E-state index contributed by atoms with van der Waals surface area (Å²) in [5, 5.41) is 3.79. The monoisotopic (exact) mass is 196 g/mol. The maximum Gasteiger partial charge on any atom is 0.0102 e. The number of rotatable bonds is 4. The van der Waals surface area contributed by atoms with Crippen molar-refractivity contribution in [3.05, 3.63) is 0 Å². The quantitative estimate of drug-likeness (QED) is 0.722. The molecule has 0 aliphatic heterocycles. The lowest BCUT2D eigenvalue weighted by molar-refractivity contribution is 0.336. The van der Waals surface area contributed by atoms with Crippen LogP contribution in [0.2, 0.25) is 0 Å². The first-order valence-electron chi connectivity index (χ1n) is 6.31. The summed E-state index contributed by atoms with van der Waals surface area (Å²) in [7, 11) is 0. The molecular formula is C12H24N2. The number of hydrogen-bond acceptors (Lipinski definition) is 2. The summed E-state index contributed by atoms with van der Waals surface area (Å²) in [6.07, 6.45) is 9.25. The van der Waals surface area contributed by atoms with Gasteiger partial charge in [-0.1, -0.05) is 13.3 Å². The molecular weight excluding hydrogens is 172 g/mol. The highest BCUT2D eigenvalue weighted by Crippen LogP contribution is 2.35. The van der Waals surface area contributed by atoms with Crippen LogP contribution < -0.4 is 11.1 Å². The van der Waals surface area contributed by atoms with E-state index in [1.807, 2.05) is 0 Å². The molecule has 2 rings (SSSR count). The first-order chi connectivity index (χ1) is 6.79. The summed E-state index contributed by atoms with van der Waals surface area (Å²) < 4.78 is 0. The van der Waals surface area contributed by atoms with Gasteiger partial charge in [0.15, 0.2) is 0 Å². The Bertz CT molecular complexity index is 173. The molecule has 0 bridgehead atoms. The molecule has 0 aromatic carbocycles. The van der Waals surface area contributed by atoms with Crippen LogP contribution in [0.15, 0.2) is 0 Å². The van der Waals surface area contributed by atoms with Crippen molar-refractivity contribution in [3.8, 4) is 0 Å². The Morgan fingerprint density at radius 1 is 1.21 bits per heavy atom. The van der Waals surface area contributed by atoms with Crippen LogP contribution in [-0.4, -0.2) is 18.1 Å². The molecule has 2 saturated carbocycles. The minimum atomic E-state index is 0.485. The molecule has 82 valence electrons. The zero-order valence-electron chi connectivity index (χ0n) is 9.34. The van der Waals surface area contributed by atoms with Gasteiger partial charge in [-0.2, -0.15) is 0 Å². The standard InChI is InChI=1S/C12H24N2/c1-2-3-9-8-12(9)14-11-6-4-10(13)5-7-11/h9-12,14H,2-8,13H2,1H3. The van der Waals surface area contributed by atoms with Crippen LogP contribution in [0.25, 0.3) is 0 Å². The van der Waals surface area contributed by atoms with E-state index in [-0.39, 0.29) is 0 Å². The summed E-state index contributed by atoms with van der Waals surface area (Å²) in [5.74, 6) is 0.996. The van der Waals surface area contributed by atoms with Gasteiger partial charge in [0.25, 0.3) is 0 Å². The van der Waals surface area contributed by atoms with Crippen LogP contribution in [0.4, 0.5) is 0 Å². The molecule has 0 aromatic heterocycles. The summed E-state index contributed by atoms with van der Waals surface area (Å²) >= 11 is 0. The van der Waals surface area contributed by atoms with E-state index in [1.54, 1.807) is 0 Å². The lowest BCUT2D eigenvalue weighted by atomic mass is 9.92. The second-order valence-corrected chi connectivity index (χ2v) is 5.17. The molecule has 0 saturated heterocycles. The molecule has 0 spiro atoms. The maximum absolute atomic E-state index is 5.89. The van der Waals surface area contributed by atoms with E-state index < -0.39 is 0 Å². The van der Waals surface area contributed by atoms with Crippen molar-refractivity contribution < 1.29 is 0 Å². The summed E-state index contributed by atoms with van der Waals surface area (Å²) in [4.78, 5) is 0. The van der Waals surface area contributed by atoms with Gasteiger partial charge in [0.2, 0.25) is 0 Å². The third kappa shape index (κ3) is 2.71. The second-order valence-electron chi connectivity index (χ2n) is 5.17. The maximum atomic E-state index is 5.89. The third-order valence-electron chi connectivity index (χ3n) is 3.80. The summed E-state index contributed by atoms with van der Waals surface area (Å²) in [6, 6.07) is 2.12. The van der Waals surface area contributed by atoms with E-state index in [9.17, 15) is 0 Å². The fraction of sp³-hybridized carbons (Fsp3) is 1.00. The van der Waals surface area contributed by atoms with Gasteiger partial charge < -0.3 is 11.1 Å². The molecule has 0 aromatic rings. The van der Waals surface area contributed by atoms with E-state index in [0.717, 1.165) is 18.0 Å². The number of hydrogen-bond donors (Lipinski definition) is 2. The molecule has 2 nitrogen and oxygen atoms in total. The van der Waals surface area contributed by atoms with Gasteiger partial charge in [-0.3, -0.25) is 0 Å². The molecule has 2 fully saturated rings. The first-order valence-corrected chi connectivity index (χ1v) is 6.31. The van der Waals surface area contributed by atoms with E-state index in [1.165, 1.54) is 44.9 Å². The Kier molecular flexibility index (Phi) is 3.45. The van der Waals surface area contributed by atoms with E-state index in [4.69, 9.17) is 5.73 Å². The fourth-order valence-electron chi connectivity index (χ4n) is 2.73. The van der Waals surface area contributed by atoms with E-state index >= 15 is 0 Å². The Balaban J connectivity index is 1.62. The van der Waals surface area contributed by atoms with Crippen LogP contribution in [0.1, 0.15) is 51.9 Å². The van der Waals surface area contributed by atoms with Crippen molar-refractivity contribution in [1.29, 1.82) is 0 Å². The minimum Gasteiger partial charge on any atom is -0.328 e. The van der Waals surface area contributed by atoms with Gasteiger partial charge in [0.1, 0.15) is 0 Å². The predicted molar refractivity (Wildman–Crippen MR) is 60.2 cm³/mol. The normalized spacial score (nSPS) is 42.4. The van der Waals surface area contributed by atoms with E-state index in [0.29, 0.717) is 6.04 Å². The van der Waals surface area contributed by atoms with Gasteiger partial charge in [-0.25, -0.2) is 0 Å². The summed E-state index contributed by atoms with van der Waals surface area (Å²) in [6.45, 7) is 2.29. The van der Waals surface area contributed by atoms with Crippen molar-refractivity contribution in [1.82, 2.24) is 5.32 Å². The van der Waals surface area contributed by atoms with Crippen molar-refractivity contribution in [3.63, 3.8) is 0 Å². The first kappa shape index (κ1) is 10.4. The molecule has 0 radical (unpaired) electrons. The van der Waals surface area contributed by atoms with Crippen LogP contribution in [0.5, 0.6) is 0 Å². The Morgan fingerprint density at radius 2 is 1.93 bits per heavy atom. The van der Waals surface area contributed by atoms with Gasteiger partial charge in [0.05, 0.1) is 0 Å². The highest BCUT2D eigenvalue weighted by atomic mass is 15.0. The molecule has 2 atom stereocenters. The number of nitrogens with one attached hydrogen (secondary N) is 1. The van der Waals surface area contributed by atoms with Crippen LogP contribution >= 0.6 is 0 Å². The van der Waals surface area contributed by atoms with Gasteiger partial charge >= 0.3 is 0 Å².